The molecule has 0 aliphatic heterocycles. The molecule has 0 radical (unpaired) electrons. The first-order chi connectivity index (χ1) is 4.75. The van der Waals surface area contributed by atoms with Crippen molar-refractivity contribution in [2.45, 2.75) is 25.0 Å². The molecule has 12 heavy (non-hydrogen) atoms. The van der Waals surface area contributed by atoms with Crippen LogP contribution in [0.3, 0.4) is 0 Å². The van der Waals surface area contributed by atoms with Gasteiger partial charge in [0.05, 0.1) is 0 Å². The number of hydrogen-bond acceptors (Lipinski definition) is 3. The molecule has 0 fully saturated rings. The van der Waals surface area contributed by atoms with E-state index in [-0.39, 0.29) is 25.3 Å². The van der Waals surface area contributed by atoms with E-state index in [1.54, 1.807) is 0 Å². The molecule has 0 rings (SSSR count). The molecule has 0 aromatic carbocycles. The number of carbonyl (C=O) groups is 1. The van der Waals surface area contributed by atoms with Crippen molar-refractivity contribution >= 4 is 34.9 Å². The van der Waals surface area contributed by atoms with Crippen molar-refractivity contribution in [3.63, 3.8) is 0 Å². The molecular weight excluding hydrogens is 179 g/mol. The summed E-state index contributed by atoms with van der Waals surface area (Å²) in [5, 5.41) is 8.43. The Morgan fingerprint density at radius 2 is 1.83 bits per heavy atom. The van der Waals surface area contributed by atoms with Crippen molar-refractivity contribution in [3.8, 4) is 0 Å². The first kappa shape index (κ1) is 14.5. The summed E-state index contributed by atoms with van der Waals surface area (Å²) in [7, 11) is -4.51. The van der Waals surface area contributed by atoms with Crippen LogP contribution in [-0.4, -0.2) is 47.7 Å². The molecule has 0 aromatic rings. The van der Waals surface area contributed by atoms with E-state index in [1.807, 2.05) is 0 Å². The van der Waals surface area contributed by atoms with E-state index in [0.717, 1.165) is 6.92 Å². The Labute approximate surface area is 83.1 Å². The van der Waals surface area contributed by atoms with Gasteiger partial charge in [-0.2, -0.15) is 8.42 Å². The molecule has 7 heteroatoms. The molecule has 0 aliphatic carbocycles. The van der Waals surface area contributed by atoms with Crippen molar-refractivity contribution in [2.75, 3.05) is 0 Å². The van der Waals surface area contributed by atoms with Crippen molar-refractivity contribution < 1.29 is 22.9 Å². The zero-order valence-electron chi connectivity index (χ0n) is 6.23. The van der Waals surface area contributed by atoms with Gasteiger partial charge in [0.25, 0.3) is 10.1 Å². The van der Waals surface area contributed by atoms with Gasteiger partial charge in [-0.3, -0.25) is 9.35 Å². The van der Waals surface area contributed by atoms with E-state index in [4.69, 9.17) is 9.66 Å². The second-order valence-corrected chi connectivity index (χ2v) is 4.22. The summed E-state index contributed by atoms with van der Waals surface area (Å²) < 4.78 is 27.4. The summed E-state index contributed by atoms with van der Waals surface area (Å²) in [5.74, 6) is -1.54. The van der Waals surface area contributed by atoms with Gasteiger partial charge in [0.1, 0.15) is 0 Å². The van der Waals surface area contributed by atoms with Crippen LogP contribution in [0.5, 0.6) is 0 Å². The monoisotopic (exact) mass is 190 g/mol. The summed E-state index contributed by atoms with van der Waals surface area (Å²) in [6.45, 7) is 2.34. The van der Waals surface area contributed by atoms with E-state index in [0.29, 0.717) is 0 Å². The average Bonchev–Trinajstić information content (AvgIpc) is 1.83. The van der Waals surface area contributed by atoms with E-state index in [9.17, 15) is 13.2 Å². The summed E-state index contributed by atoms with van der Waals surface area (Å²) in [6.07, 6.45) is -0.166. The third-order valence-corrected chi connectivity index (χ3v) is 3.30. The fraction of sp³-hybridized carbons (Fsp3) is 0.800. The van der Waals surface area contributed by atoms with E-state index in [2.05, 4.69) is 0 Å². The van der Waals surface area contributed by atoms with Gasteiger partial charge < -0.3 is 5.11 Å². The Morgan fingerprint density at radius 1 is 1.50 bits per heavy atom. The zero-order valence-corrected chi connectivity index (χ0v) is 7.05. The van der Waals surface area contributed by atoms with Crippen molar-refractivity contribution in [2.24, 2.45) is 0 Å². The maximum atomic E-state index is 10.5. The Hall–Kier alpha value is -0.0226. The fourth-order valence-corrected chi connectivity index (χ4v) is 1.03. The third-order valence-electron chi connectivity index (χ3n) is 1.70. The van der Waals surface area contributed by atoms with Crippen LogP contribution >= 0.6 is 0 Å². The molecule has 0 saturated heterocycles. The molecule has 0 saturated carbocycles. The predicted octanol–water partition coefficient (Wildman–Crippen LogP) is -0.521. The van der Waals surface area contributed by atoms with Crippen LogP contribution in [0.15, 0.2) is 0 Å². The molecule has 2 N–H and O–H groups in total. The van der Waals surface area contributed by atoms with E-state index >= 15 is 0 Å². The number of carboxylic acid groups (broad SMARTS) is 1. The molecule has 5 nitrogen and oxygen atoms in total. The molecule has 0 aliphatic rings. The quantitative estimate of drug-likeness (QED) is 0.461. The molecule has 0 bridgehead atoms. The fourth-order valence-electron chi connectivity index (χ4n) is 0.444. The molecule has 1 atom stereocenters. The van der Waals surface area contributed by atoms with Crippen molar-refractivity contribution in [1.82, 2.24) is 0 Å². The second kappa shape index (κ2) is 4.28. The topological polar surface area (TPSA) is 91.7 Å². The molecule has 0 heterocycles. The normalized spacial score (nSPS) is 15.9. The molecule has 0 amide bonds. The van der Waals surface area contributed by atoms with E-state index < -0.39 is 20.8 Å². The molecule has 0 spiro atoms. The molecule has 0 aromatic heterocycles. The van der Waals surface area contributed by atoms with E-state index in [1.165, 1.54) is 6.92 Å². The van der Waals surface area contributed by atoms with Gasteiger partial charge >= 0.3 is 24.8 Å². The molecule has 1 unspecified atom stereocenters. The number of rotatable bonds is 3. The number of carboxylic acids is 1. The summed E-state index contributed by atoms with van der Waals surface area (Å²) >= 11 is 0. The van der Waals surface area contributed by atoms with Gasteiger partial charge in [0, 0.05) is 0 Å². The van der Waals surface area contributed by atoms with Gasteiger partial charge in [-0.15, -0.1) is 0 Å². The predicted molar refractivity (Wildman–Crippen MR) is 45.0 cm³/mol. The average molecular weight is 190 g/mol. The van der Waals surface area contributed by atoms with Crippen LogP contribution in [0, 0.1) is 0 Å². The maximum absolute atomic E-state index is 10.5. The van der Waals surface area contributed by atoms with Crippen molar-refractivity contribution in [1.29, 1.82) is 0 Å². The van der Waals surface area contributed by atoms with Gasteiger partial charge in [0.2, 0.25) is 0 Å². The van der Waals surface area contributed by atoms with Crippen LogP contribution in [0.2, 0.25) is 0 Å². The van der Waals surface area contributed by atoms with Gasteiger partial charge in [-0.1, -0.05) is 6.92 Å². The van der Waals surface area contributed by atoms with Crippen LogP contribution < -0.4 is 0 Å². The van der Waals surface area contributed by atoms with Gasteiger partial charge in [0.15, 0.2) is 4.75 Å². The van der Waals surface area contributed by atoms with Gasteiger partial charge in [-0.05, 0) is 13.3 Å². The second-order valence-electron chi connectivity index (χ2n) is 2.36. The summed E-state index contributed by atoms with van der Waals surface area (Å²) in [6, 6.07) is 0. The first-order valence-electron chi connectivity index (χ1n) is 2.96. The summed E-state index contributed by atoms with van der Waals surface area (Å²) in [5.41, 5.74) is 0. The molecule has 68 valence electrons. The number of hydrogen-bond donors (Lipinski definition) is 2. The Bertz CT molecular complexity index is 259. The third kappa shape index (κ3) is 2.49. The Kier molecular flexibility index (Phi) is 5.17. The standard InChI is InChI=1S/C5H10O5S.Li.H/c1-3-5(2,4(6)7)11(8,9)10;;/h3H2,1-2H3,(H,6,7)(H,8,9,10);;. The van der Waals surface area contributed by atoms with Crippen molar-refractivity contribution in [3.05, 3.63) is 0 Å². The first-order valence-corrected chi connectivity index (χ1v) is 4.40. The zero-order chi connectivity index (χ0) is 9.28. The minimum absolute atomic E-state index is 0. The van der Waals surface area contributed by atoms with Crippen LogP contribution in [-0.2, 0) is 14.9 Å². The molecular formula is C5H11LiO5S. The SMILES string of the molecule is CCC(C)(C(=O)O)S(=O)(=O)O.[LiH]. The van der Waals surface area contributed by atoms with Gasteiger partial charge in [-0.25, -0.2) is 0 Å². The Balaban J connectivity index is 0. The summed E-state index contributed by atoms with van der Waals surface area (Å²) in [4.78, 5) is 10.4. The number of aliphatic carboxylic acids is 1. The van der Waals surface area contributed by atoms with Crippen LogP contribution in [0.4, 0.5) is 0 Å². The minimum atomic E-state index is -4.51. The Morgan fingerprint density at radius 3 is 1.83 bits per heavy atom. The van der Waals surface area contributed by atoms with Crippen LogP contribution in [0.1, 0.15) is 20.3 Å². The van der Waals surface area contributed by atoms with Crippen LogP contribution in [0.25, 0.3) is 0 Å².